The standard InChI is InChI=1S/C16H23NO3/c1-10-7-5-6-8-14(10)11(2)9-15(18)17-13(4)12(3)16(19)20/h5-8,11-13H,9H2,1-4H3,(H,17,18)(H,19,20). The quantitative estimate of drug-likeness (QED) is 0.840. The number of carboxylic acid groups (broad SMARTS) is 1. The number of aryl methyl sites for hydroxylation is 1. The second-order valence-electron chi connectivity index (χ2n) is 5.44. The first kappa shape index (κ1) is 16.2. The van der Waals surface area contributed by atoms with Crippen molar-refractivity contribution in [3.63, 3.8) is 0 Å². The second kappa shape index (κ2) is 7.08. The molecule has 0 heterocycles. The lowest BCUT2D eigenvalue weighted by Crippen LogP contribution is -2.40. The van der Waals surface area contributed by atoms with Crippen LogP contribution in [0.4, 0.5) is 0 Å². The Morgan fingerprint density at radius 2 is 1.80 bits per heavy atom. The summed E-state index contributed by atoms with van der Waals surface area (Å²) in [4.78, 5) is 22.8. The zero-order chi connectivity index (χ0) is 15.3. The molecule has 3 atom stereocenters. The Morgan fingerprint density at radius 1 is 1.20 bits per heavy atom. The first-order valence-electron chi connectivity index (χ1n) is 6.90. The zero-order valence-corrected chi connectivity index (χ0v) is 12.5. The Kier molecular flexibility index (Phi) is 5.74. The number of nitrogens with one attached hydrogen (secondary N) is 1. The fourth-order valence-corrected chi connectivity index (χ4v) is 2.18. The second-order valence-corrected chi connectivity index (χ2v) is 5.44. The van der Waals surface area contributed by atoms with Gasteiger partial charge in [-0.15, -0.1) is 0 Å². The number of hydrogen-bond donors (Lipinski definition) is 2. The molecule has 0 spiro atoms. The minimum Gasteiger partial charge on any atom is -0.481 e. The van der Waals surface area contributed by atoms with Gasteiger partial charge in [-0.2, -0.15) is 0 Å². The molecule has 0 fully saturated rings. The number of rotatable bonds is 6. The molecule has 1 aromatic rings. The van der Waals surface area contributed by atoms with Gasteiger partial charge in [0.25, 0.3) is 0 Å². The molecule has 3 unspecified atom stereocenters. The van der Waals surface area contributed by atoms with Crippen LogP contribution in [0.15, 0.2) is 24.3 Å². The van der Waals surface area contributed by atoms with Gasteiger partial charge in [0, 0.05) is 12.5 Å². The SMILES string of the molecule is Cc1ccccc1C(C)CC(=O)NC(C)C(C)C(=O)O. The molecule has 1 amide bonds. The molecule has 110 valence electrons. The van der Waals surface area contributed by atoms with E-state index in [2.05, 4.69) is 5.32 Å². The Balaban J connectivity index is 2.59. The molecule has 1 aromatic carbocycles. The molecule has 0 aromatic heterocycles. The van der Waals surface area contributed by atoms with Crippen LogP contribution >= 0.6 is 0 Å². The van der Waals surface area contributed by atoms with Crippen molar-refractivity contribution in [2.75, 3.05) is 0 Å². The van der Waals surface area contributed by atoms with Gasteiger partial charge in [0.1, 0.15) is 0 Å². The van der Waals surface area contributed by atoms with Crippen LogP contribution in [0, 0.1) is 12.8 Å². The number of amides is 1. The van der Waals surface area contributed by atoms with E-state index >= 15 is 0 Å². The Morgan fingerprint density at radius 3 is 2.35 bits per heavy atom. The summed E-state index contributed by atoms with van der Waals surface area (Å²) < 4.78 is 0. The lowest BCUT2D eigenvalue weighted by atomic mass is 9.93. The maximum atomic E-state index is 12.0. The molecule has 0 aliphatic heterocycles. The van der Waals surface area contributed by atoms with Gasteiger partial charge >= 0.3 is 5.97 Å². The van der Waals surface area contributed by atoms with Crippen molar-refractivity contribution < 1.29 is 14.7 Å². The van der Waals surface area contributed by atoms with Crippen molar-refractivity contribution in [3.8, 4) is 0 Å². The molecule has 4 heteroatoms. The molecule has 2 N–H and O–H groups in total. The predicted molar refractivity (Wildman–Crippen MR) is 78.6 cm³/mol. The van der Waals surface area contributed by atoms with Gasteiger partial charge in [-0.25, -0.2) is 0 Å². The normalized spacial score (nSPS) is 15.2. The first-order chi connectivity index (χ1) is 9.32. The van der Waals surface area contributed by atoms with E-state index in [0.29, 0.717) is 6.42 Å². The Bertz CT molecular complexity index is 484. The molecule has 0 aliphatic rings. The van der Waals surface area contributed by atoms with Crippen molar-refractivity contribution in [2.24, 2.45) is 5.92 Å². The van der Waals surface area contributed by atoms with E-state index < -0.39 is 11.9 Å². The highest BCUT2D eigenvalue weighted by Gasteiger charge is 2.22. The third-order valence-electron chi connectivity index (χ3n) is 3.74. The highest BCUT2D eigenvalue weighted by atomic mass is 16.4. The molecular weight excluding hydrogens is 254 g/mol. The van der Waals surface area contributed by atoms with E-state index in [1.165, 1.54) is 5.56 Å². The Labute approximate surface area is 120 Å². The summed E-state index contributed by atoms with van der Waals surface area (Å²) in [6.07, 6.45) is 0.363. The van der Waals surface area contributed by atoms with Crippen LogP contribution in [0.3, 0.4) is 0 Å². The number of carboxylic acids is 1. The summed E-state index contributed by atoms with van der Waals surface area (Å²) in [5, 5.41) is 11.7. The van der Waals surface area contributed by atoms with E-state index in [-0.39, 0.29) is 17.9 Å². The molecule has 0 bridgehead atoms. The van der Waals surface area contributed by atoms with Crippen LogP contribution in [0.2, 0.25) is 0 Å². The first-order valence-corrected chi connectivity index (χ1v) is 6.90. The number of aliphatic carboxylic acids is 1. The van der Waals surface area contributed by atoms with Crippen molar-refractivity contribution in [1.29, 1.82) is 0 Å². The summed E-state index contributed by atoms with van der Waals surface area (Å²) in [6.45, 7) is 7.35. The van der Waals surface area contributed by atoms with Crippen molar-refractivity contribution >= 4 is 11.9 Å². The third-order valence-corrected chi connectivity index (χ3v) is 3.74. The lowest BCUT2D eigenvalue weighted by Gasteiger charge is -2.20. The van der Waals surface area contributed by atoms with Crippen LogP contribution in [0.25, 0.3) is 0 Å². The maximum absolute atomic E-state index is 12.0. The number of carbonyl (C=O) groups is 2. The van der Waals surface area contributed by atoms with Crippen LogP contribution in [-0.4, -0.2) is 23.0 Å². The summed E-state index contributed by atoms with van der Waals surface area (Å²) in [6, 6.07) is 7.62. The van der Waals surface area contributed by atoms with E-state index in [0.717, 1.165) is 5.56 Å². The highest BCUT2D eigenvalue weighted by Crippen LogP contribution is 2.22. The molecule has 0 aliphatic carbocycles. The molecular formula is C16H23NO3. The molecule has 0 radical (unpaired) electrons. The van der Waals surface area contributed by atoms with Crippen molar-refractivity contribution in [3.05, 3.63) is 35.4 Å². The largest absolute Gasteiger partial charge is 0.481 e. The fraction of sp³-hybridized carbons (Fsp3) is 0.500. The summed E-state index contributed by atoms with van der Waals surface area (Å²) >= 11 is 0. The van der Waals surface area contributed by atoms with Gasteiger partial charge in [-0.1, -0.05) is 31.2 Å². The highest BCUT2D eigenvalue weighted by molar-refractivity contribution is 5.78. The zero-order valence-electron chi connectivity index (χ0n) is 12.5. The molecule has 0 saturated carbocycles. The predicted octanol–water partition coefficient (Wildman–Crippen LogP) is 2.71. The topological polar surface area (TPSA) is 66.4 Å². The van der Waals surface area contributed by atoms with E-state index in [4.69, 9.17) is 5.11 Å². The van der Waals surface area contributed by atoms with Crippen LogP contribution in [-0.2, 0) is 9.59 Å². The van der Waals surface area contributed by atoms with Crippen LogP contribution in [0.1, 0.15) is 44.2 Å². The van der Waals surface area contributed by atoms with E-state index in [1.807, 2.05) is 38.1 Å². The summed E-state index contributed by atoms with van der Waals surface area (Å²) in [7, 11) is 0. The minimum atomic E-state index is -0.898. The van der Waals surface area contributed by atoms with Crippen molar-refractivity contribution in [2.45, 2.75) is 46.1 Å². The van der Waals surface area contributed by atoms with Gasteiger partial charge in [-0.3, -0.25) is 9.59 Å². The van der Waals surface area contributed by atoms with Crippen LogP contribution < -0.4 is 5.32 Å². The molecule has 0 saturated heterocycles. The molecule has 20 heavy (non-hydrogen) atoms. The third kappa shape index (κ3) is 4.37. The molecule has 4 nitrogen and oxygen atoms in total. The van der Waals surface area contributed by atoms with Gasteiger partial charge in [0.05, 0.1) is 5.92 Å². The number of carbonyl (C=O) groups excluding carboxylic acids is 1. The van der Waals surface area contributed by atoms with E-state index in [9.17, 15) is 9.59 Å². The number of benzene rings is 1. The van der Waals surface area contributed by atoms with E-state index in [1.54, 1.807) is 13.8 Å². The van der Waals surface area contributed by atoms with Gasteiger partial charge in [0.2, 0.25) is 5.91 Å². The maximum Gasteiger partial charge on any atom is 0.308 e. The van der Waals surface area contributed by atoms with Crippen molar-refractivity contribution in [1.82, 2.24) is 5.32 Å². The smallest absolute Gasteiger partial charge is 0.308 e. The monoisotopic (exact) mass is 277 g/mol. The molecule has 1 rings (SSSR count). The van der Waals surface area contributed by atoms with Gasteiger partial charge < -0.3 is 10.4 Å². The summed E-state index contributed by atoms with van der Waals surface area (Å²) in [5.74, 6) is -1.48. The lowest BCUT2D eigenvalue weighted by molar-refractivity contribution is -0.142. The summed E-state index contributed by atoms with van der Waals surface area (Å²) in [5.41, 5.74) is 2.32. The van der Waals surface area contributed by atoms with Crippen LogP contribution in [0.5, 0.6) is 0 Å². The van der Waals surface area contributed by atoms with Gasteiger partial charge in [0.15, 0.2) is 0 Å². The van der Waals surface area contributed by atoms with Gasteiger partial charge in [-0.05, 0) is 37.8 Å². The minimum absolute atomic E-state index is 0.110. The Hall–Kier alpha value is -1.84. The fourth-order valence-electron chi connectivity index (χ4n) is 2.18. The average Bonchev–Trinajstić information content (AvgIpc) is 2.37. The average molecular weight is 277 g/mol. The number of hydrogen-bond acceptors (Lipinski definition) is 2.